The Balaban J connectivity index is 0.845. The SMILES string of the molecule is O=C(c1ccc2cc(C(=O)N3CC4(CC4)C[C@H]3c3nc(CCc4ccccc4)no3)ccc2c1)N1CC2(CC2)C[C@H]1c1nc(CCc2ccccc2)no1. The number of fused-ring (bicyclic) bond motifs is 1. The topological polar surface area (TPSA) is 118 Å². The monoisotopic (exact) mass is 718 g/mol. The molecule has 2 saturated carbocycles. The normalized spacial score (nSPS) is 20.7. The van der Waals surface area contributed by atoms with Crippen LogP contribution < -0.4 is 0 Å². The Bertz CT molecular complexity index is 2180. The average molecular weight is 719 g/mol. The van der Waals surface area contributed by atoms with Gasteiger partial charge in [-0.2, -0.15) is 9.97 Å². The van der Waals surface area contributed by atoms with Gasteiger partial charge in [-0.15, -0.1) is 0 Å². The first kappa shape index (κ1) is 33.0. The molecule has 6 aromatic rings. The van der Waals surface area contributed by atoms with Crippen LogP contribution in [0.4, 0.5) is 0 Å². The molecule has 10 nitrogen and oxygen atoms in total. The highest BCUT2D eigenvalue weighted by Crippen LogP contribution is 2.59. The number of amides is 2. The molecular formula is C44H42N6O4. The molecular weight excluding hydrogens is 677 g/mol. The van der Waals surface area contributed by atoms with E-state index in [0.717, 1.165) is 62.1 Å². The summed E-state index contributed by atoms with van der Waals surface area (Å²) in [5, 5.41) is 10.4. The van der Waals surface area contributed by atoms with Crippen LogP contribution in [0.3, 0.4) is 0 Å². The summed E-state index contributed by atoms with van der Waals surface area (Å²) in [4.78, 5) is 41.7. The Morgan fingerprint density at radius 2 is 1.00 bits per heavy atom. The molecule has 2 atom stereocenters. The van der Waals surface area contributed by atoms with E-state index in [0.29, 0.717) is 60.5 Å². The predicted octanol–water partition coefficient (Wildman–Crippen LogP) is 7.91. The van der Waals surface area contributed by atoms with Gasteiger partial charge in [0.15, 0.2) is 11.6 Å². The van der Waals surface area contributed by atoms with Crippen LogP contribution in [-0.2, 0) is 25.7 Å². The van der Waals surface area contributed by atoms with Crippen LogP contribution in [0.2, 0.25) is 0 Å². The molecule has 10 heteroatoms. The van der Waals surface area contributed by atoms with E-state index in [9.17, 15) is 9.59 Å². The number of aromatic nitrogens is 4. The van der Waals surface area contributed by atoms with E-state index in [1.807, 2.05) is 82.6 Å². The van der Waals surface area contributed by atoms with Gasteiger partial charge in [0.1, 0.15) is 12.1 Å². The average Bonchev–Trinajstić information content (AvgIpc) is 3.81. The molecule has 272 valence electrons. The molecule has 2 aliphatic carbocycles. The number of hydrogen-bond donors (Lipinski definition) is 0. The van der Waals surface area contributed by atoms with Crippen LogP contribution in [-0.4, -0.2) is 55.0 Å². The van der Waals surface area contributed by atoms with Gasteiger partial charge in [0.05, 0.1) is 0 Å². The maximum atomic E-state index is 14.2. The van der Waals surface area contributed by atoms with Gasteiger partial charge in [-0.25, -0.2) is 0 Å². The lowest BCUT2D eigenvalue weighted by Gasteiger charge is -2.23. The van der Waals surface area contributed by atoms with E-state index in [2.05, 4.69) is 34.6 Å². The largest absolute Gasteiger partial charge is 0.337 e. The van der Waals surface area contributed by atoms with Gasteiger partial charge in [0, 0.05) is 37.1 Å². The minimum Gasteiger partial charge on any atom is -0.337 e. The summed E-state index contributed by atoms with van der Waals surface area (Å²) in [5.41, 5.74) is 3.97. The molecule has 0 radical (unpaired) electrons. The maximum Gasteiger partial charge on any atom is 0.254 e. The van der Waals surface area contributed by atoms with Crippen molar-refractivity contribution in [2.24, 2.45) is 10.8 Å². The summed E-state index contributed by atoms with van der Waals surface area (Å²) in [5.74, 6) is 2.32. The number of hydrogen-bond acceptors (Lipinski definition) is 8. The summed E-state index contributed by atoms with van der Waals surface area (Å²) in [6.07, 6.45) is 9.14. The van der Waals surface area contributed by atoms with E-state index in [4.69, 9.17) is 19.0 Å². The highest BCUT2D eigenvalue weighted by Gasteiger charge is 2.56. The van der Waals surface area contributed by atoms with E-state index < -0.39 is 0 Å². The standard InChI is InChI=1S/C44H42N6O4/c51-41(49-27-43(19-20-43)25-35(49)39-45-37(47-53-39)17-11-29-7-3-1-4-8-29)33-15-13-32-24-34(16-14-31(32)23-33)42(52)50-28-44(21-22-44)26-36(50)40-46-38(48-54-40)18-12-30-9-5-2-6-10-30/h1-10,13-16,23-24,35-36H,11-12,17-22,25-28H2/t35-,36-/m0/s1. The number of carbonyl (C=O) groups is 2. The van der Waals surface area contributed by atoms with Crippen LogP contribution in [0.25, 0.3) is 10.8 Å². The van der Waals surface area contributed by atoms with Crippen molar-refractivity contribution in [2.75, 3.05) is 13.1 Å². The second kappa shape index (κ2) is 13.0. The Labute approximate surface area is 313 Å². The Kier molecular flexibility index (Phi) is 7.96. The van der Waals surface area contributed by atoms with Crippen molar-refractivity contribution in [3.63, 3.8) is 0 Å². The number of aryl methyl sites for hydroxylation is 4. The van der Waals surface area contributed by atoms with Gasteiger partial charge in [-0.05, 0) is 108 Å². The number of nitrogens with zero attached hydrogens (tertiary/aromatic N) is 6. The van der Waals surface area contributed by atoms with E-state index in [1.165, 1.54) is 11.1 Å². The fraction of sp³-hybridized carbons (Fsp3) is 0.364. The molecule has 2 aromatic heterocycles. The van der Waals surface area contributed by atoms with Crippen LogP contribution in [0, 0.1) is 10.8 Å². The van der Waals surface area contributed by atoms with Gasteiger partial charge in [0.25, 0.3) is 11.8 Å². The van der Waals surface area contributed by atoms with E-state index in [1.54, 1.807) is 0 Å². The first-order chi connectivity index (χ1) is 26.4. The summed E-state index contributed by atoms with van der Waals surface area (Å²) in [6, 6.07) is 31.6. The minimum atomic E-state index is -0.240. The molecule has 4 aromatic carbocycles. The van der Waals surface area contributed by atoms with Crippen LogP contribution in [0.1, 0.15) is 106 Å². The second-order valence-electron chi connectivity index (χ2n) is 16.2. The first-order valence-electron chi connectivity index (χ1n) is 19.3. The smallest absolute Gasteiger partial charge is 0.254 e. The zero-order valence-corrected chi connectivity index (χ0v) is 30.2. The summed E-state index contributed by atoms with van der Waals surface area (Å²) in [7, 11) is 0. The number of rotatable bonds is 10. The Morgan fingerprint density at radius 1 is 0.574 bits per heavy atom. The Morgan fingerprint density at radius 3 is 1.41 bits per heavy atom. The second-order valence-corrected chi connectivity index (χ2v) is 16.2. The molecule has 2 spiro atoms. The minimum absolute atomic E-state index is 0.0350. The molecule has 4 fully saturated rings. The predicted molar refractivity (Wildman–Crippen MR) is 200 cm³/mol. The van der Waals surface area contributed by atoms with Crippen molar-refractivity contribution in [3.05, 3.63) is 143 Å². The molecule has 4 heterocycles. The lowest BCUT2D eigenvalue weighted by Crippen LogP contribution is -2.31. The van der Waals surface area contributed by atoms with Gasteiger partial charge >= 0.3 is 0 Å². The van der Waals surface area contributed by atoms with Crippen molar-refractivity contribution >= 4 is 22.6 Å². The fourth-order valence-electron chi connectivity index (χ4n) is 8.71. The zero-order valence-electron chi connectivity index (χ0n) is 30.2. The van der Waals surface area contributed by atoms with Crippen molar-refractivity contribution in [3.8, 4) is 0 Å². The molecule has 4 aliphatic rings. The molecule has 10 rings (SSSR count). The van der Waals surface area contributed by atoms with Gasteiger partial charge < -0.3 is 18.8 Å². The lowest BCUT2D eigenvalue weighted by molar-refractivity contribution is 0.0698. The van der Waals surface area contributed by atoms with Gasteiger partial charge in [-0.1, -0.05) is 83.1 Å². The van der Waals surface area contributed by atoms with Crippen molar-refractivity contribution in [1.29, 1.82) is 0 Å². The van der Waals surface area contributed by atoms with Crippen molar-refractivity contribution in [2.45, 2.75) is 76.3 Å². The number of carbonyl (C=O) groups excluding carboxylic acids is 2. The lowest BCUT2D eigenvalue weighted by atomic mass is 10.0. The molecule has 2 saturated heterocycles. The third-order valence-electron chi connectivity index (χ3n) is 12.3. The summed E-state index contributed by atoms with van der Waals surface area (Å²) >= 11 is 0. The molecule has 54 heavy (non-hydrogen) atoms. The summed E-state index contributed by atoms with van der Waals surface area (Å²) in [6.45, 7) is 1.38. The van der Waals surface area contributed by atoms with Crippen LogP contribution >= 0.6 is 0 Å². The highest BCUT2D eigenvalue weighted by atomic mass is 16.5. The van der Waals surface area contributed by atoms with Gasteiger partial charge in [-0.3, -0.25) is 9.59 Å². The van der Waals surface area contributed by atoms with Crippen LogP contribution in [0.15, 0.2) is 106 Å². The molecule has 0 unspecified atom stereocenters. The third-order valence-corrected chi connectivity index (χ3v) is 12.3. The molecule has 2 amide bonds. The molecule has 2 aliphatic heterocycles. The summed E-state index contributed by atoms with van der Waals surface area (Å²) < 4.78 is 11.6. The number of benzene rings is 4. The number of likely N-dealkylation sites (tertiary alicyclic amines) is 2. The van der Waals surface area contributed by atoms with Crippen LogP contribution in [0.5, 0.6) is 0 Å². The molecule has 0 bridgehead atoms. The zero-order chi connectivity index (χ0) is 36.3. The van der Waals surface area contributed by atoms with Crippen molar-refractivity contribution < 1.29 is 18.6 Å². The first-order valence-corrected chi connectivity index (χ1v) is 19.3. The molecule has 0 N–H and O–H groups in total. The van der Waals surface area contributed by atoms with Crippen molar-refractivity contribution in [1.82, 2.24) is 30.1 Å². The maximum absolute atomic E-state index is 14.2. The van der Waals surface area contributed by atoms with E-state index in [-0.39, 0.29) is 34.7 Å². The third kappa shape index (κ3) is 6.37. The van der Waals surface area contributed by atoms with E-state index >= 15 is 0 Å². The quantitative estimate of drug-likeness (QED) is 0.140. The highest BCUT2D eigenvalue weighted by molar-refractivity contribution is 6.02. The van der Waals surface area contributed by atoms with Gasteiger partial charge in [0.2, 0.25) is 11.8 Å². The fourth-order valence-corrected chi connectivity index (χ4v) is 8.71. The Hall–Kier alpha value is -5.64.